The van der Waals surface area contributed by atoms with Gasteiger partial charge in [0.05, 0.1) is 19.8 Å². The first-order valence-corrected chi connectivity index (χ1v) is 11.4. The summed E-state index contributed by atoms with van der Waals surface area (Å²) in [5.41, 5.74) is 2.42. The van der Waals surface area contributed by atoms with Crippen LogP contribution in [0.5, 0.6) is 0 Å². The molecule has 8 heteroatoms. The standard InChI is InChI=1S/C24H36N6O.HI/c1-3-25-24(27-14-9-15-29(4-2)22-11-6-5-7-12-22)28-20-21-10-8-13-26-23(21)30-16-18-31-19-17-30;/h5-8,10-13H,3-4,9,14-20H2,1-2H3,(H2,25,27,28);1H. The number of halogens is 1. The van der Waals surface area contributed by atoms with Gasteiger partial charge in [0.25, 0.3) is 0 Å². The number of ether oxygens (including phenoxy) is 1. The second kappa shape index (κ2) is 14.9. The fourth-order valence-corrected chi connectivity index (χ4v) is 3.70. The molecule has 0 amide bonds. The topological polar surface area (TPSA) is 65.0 Å². The number of hydrogen-bond donors (Lipinski definition) is 2. The summed E-state index contributed by atoms with van der Waals surface area (Å²) in [5.74, 6) is 1.87. The minimum absolute atomic E-state index is 0. The highest BCUT2D eigenvalue weighted by Crippen LogP contribution is 2.19. The third-order valence-corrected chi connectivity index (χ3v) is 5.33. The predicted molar refractivity (Wildman–Crippen MR) is 144 cm³/mol. The molecular weight excluding hydrogens is 515 g/mol. The summed E-state index contributed by atoms with van der Waals surface area (Å²) in [5, 5.41) is 6.84. The first-order chi connectivity index (χ1) is 15.3. The van der Waals surface area contributed by atoms with E-state index in [0.29, 0.717) is 6.54 Å². The molecule has 1 aliphatic heterocycles. The molecule has 1 fully saturated rings. The van der Waals surface area contributed by atoms with E-state index in [2.05, 4.69) is 75.7 Å². The Morgan fingerprint density at radius 1 is 1.09 bits per heavy atom. The van der Waals surface area contributed by atoms with E-state index in [-0.39, 0.29) is 24.0 Å². The van der Waals surface area contributed by atoms with Crippen LogP contribution in [0.1, 0.15) is 25.8 Å². The molecule has 1 aliphatic rings. The van der Waals surface area contributed by atoms with Crippen molar-refractivity contribution in [1.82, 2.24) is 15.6 Å². The quantitative estimate of drug-likeness (QED) is 0.204. The van der Waals surface area contributed by atoms with E-state index in [1.54, 1.807) is 0 Å². The second-order valence-electron chi connectivity index (χ2n) is 7.48. The van der Waals surface area contributed by atoms with E-state index in [0.717, 1.165) is 76.2 Å². The molecule has 32 heavy (non-hydrogen) atoms. The highest BCUT2D eigenvalue weighted by Gasteiger charge is 2.15. The molecule has 3 rings (SSSR count). The smallest absolute Gasteiger partial charge is 0.191 e. The van der Waals surface area contributed by atoms with Crippen LogP contribution in [0, 0.1) is 0 Å². The molecule has 0 unspecified atom stereocenters. The molecule has 1 aromatic carbocycles. The minimum atomic E-state index is 0. The number of pyridine rings is 1. The molecule has 7 nitrogen and oxygen atoms in total. The fraction of sp³-hybridized carbons (Fsp3) is 0.500. The van der Waals surface area contributed by atoms with Gasteiger partial charge in [-0.15, -0.1) is 24.0 Å². The van der Waals surface area contributed by atoms with E-state index >= 15 is 0 Å². The Kier molecular flexibility index (Phi) is 12.2. The fourth-order valence-electron chi connectivity index (χ4n) is 3.70. The Hall–Kier alpha value is -2.07. The Labute approximate surface area is 209 Å². The first kappa shape index (κ1) is 26.2. The molecule has 1 aromatic heterocycles. The summed E-state index contributed by atoms with van der Waals surface area (Å²) in [6.45, 7) is 11.9. The van der Waals surface area contributed by atoms with Crippen molar-refractivity contribution >= 4 is 41.4 Å². The zero-order valence-corrected chi connectivity index (χ0v) is 21.6. The number of rotatable bonds is 10. The van der Waals surface area contributed by atoms with Gasteiger partial charge < -0.3 is 25.2 Å². The van der Waals surface area contributed by atoms with E-state index < -0.39 is 0 Å². The van der Waals surface area contributed by atoms with E-state index in [4.69, 9.17) is 9.73 Å². The van der Waals surface area contributed by atoms with Gasteiger partial charge in [-0.2, -0.15) is 0 Å². The zero-order chi connectivity index (χ0) is 21.7. The molecular formula is C24H37IN6O. The number of aliphatic imine (C=N–C) groups is 1. The van der Waals surface area contributed by atoms with Gasteiger partial charge in [-0.1, -0.05) is 24.3 Å². The number of nitrogens with one attached hydrogen (secondary N) is 2. The van der Waals surface area contributed by atoms with E-state index in [1.807, 2.05) is 12.3 Å². The molecule has 0 atom stereocenters. The Morgan fingerprint density at radius 3 is 2.59 bits per heavy atom. The van der Waals surface area contributed by atoms with Gasteiger partial charge >= 0.3 is 0 Å². The van der Waals surface area contributed by atoms with Crippen LogP contribution in [-0.2, 0) is 11.3 Å². The van der Waals surface area contributed by atoms with Gasteiger partial charge in [0.2, 0.25) is 0 Å². The number of nitrogens with zero attached hydrogens (tertiary/aromatic N) is 4. The lowest BCUT2D eigenvalue weighted by Crippen LogP contribution is -2.39. The monoisotopic (exact) mass is 552 g/mol. The average molecular weight is 553 g/mol. The van der Waals surface area contributed by atoms with Crippen LogP contribution in [0.2, 0.25) is 0 Å². The lowest BCUT2D eigenvalue weighted by atomic mass is 10.2. The first-order valence-electron chi connectivity index (χ1n) is 11.4. The molecule has 176 valence electrons. The number of guanidine groups is 1. The van der Waals surface area contributed by atoms with Crippen LogP contribution < -0.4 is 20.4 Å². The molecule has 2 aromatic rings. The number of aromatic nitrogens is 1. The summed E-state index contributed by atoms with van der Waals surface area (Å²) < 4.78 is 5.48. The number of benzene rings is 1. The van der Waals surface area contributed by atoms with Gasteiger partial charge in [0, 0.05) is 56.7 Å². The molecule has 1 saturated heterocycles. The maximum absolute atomic E-state index is 5.48. The number of morpholine rings is 1. The number of anilines is 2. The molecule has 0 bridgehead atoms. The Bertz CT molecular complexity index is 798. The predicted octanol–water partition coefficient (Wildman–Crippen LogP) is 3.51. The molecule has 0 radical (unpaired) electrons. The van der Waals surface area contributed by atoms with Crippen molar-refractivity contribution in [2.24, 2.45) is 4.99 Å². The maximum atomic E-state index is 5.48. The van der Waals surface area contributed by atoms with Crippen molar-refractivity contribution in [2.75, 3.05) is 62.3 Å². The van der Waals surface area contributed by atoms with Crippen molar-refractivity contribution in [3.63, 3.8) is 0 Å². The Balaban J connectivity index is 0.00000363. The summed E-state index contributed by atoms with van der Waals surface area (Å²) in [4.78, 5) is 14.1. The van der Waals surface area contributed by atoms with Crippen molar-refractivity contribution < 1.29 is 4.74 Å². The molecule has 2 heterocycles. The third-order valence-electron chi connectivity index (χ3n) is 5.33. The number of hydrogen-bond acceptors (Lipinski definition) is 5. The SMILES string of the molecule is CCNC(=NCc1cccnc1N1CCOCC1)NCCCN(CC)c1ccccc1.I. The van der Waals surface area contributed by atoms with Gasteiger partial charge in [0.1, 0.15) is 5.82 Å². The Morgan fingerprint density at radius 2 is 1.88 bits per heavy atom. The average Bonchev–Trinajstić information content (AvgIpc) is 2.84. The zero-order valence-electron chi connectivity index (χ0n) is 19.3. The number of para-hydroxylation sites is 1. The van der Waals surface area contributed by atoms with Crippen LogP contribution in [0.25, 0.3) is 0 Å². The third kappa shape index (κ3) is 8.12. The maximum Gasteiger partial charge on any atom is 0.191 e. The van der Waals surface area contributed by atoms with E-state index in [1.165, 1.54) is 5.69 Å². The van der Waals surface area contributed by atoms with Crippen LogP contribution >= 0.6 is 24.0 Å². The molecule has 2 N–H and O–H groups in total. The van der Waals surface area contributed by atoms with Crippen molar-refractivity contribution in [3.8, 4) is 0 Å². The lowest BCUT2D eigenvalue weighted by Gasteiger charge is -2.29. The van der Waals surface area contributed by atoms with Gasteiger partial charge in [-0.25, -0.2) is 9.98 Å². The van der Waals surface area contributed by atoms with Gasteiger partial charge in [-0.05, 0) is 38.5 Å². The highest BCUT2D eigenvalue weighted by atomic mass is 127. The van der Waals surface area contributed by atoms with Crippen molar-refractivity contribution in [2.45, 2.75) is 26.8 Å². The molecule has 0 saturated carbocycles. The van der Waals surface area contributed by atoms with Crippen LogP contribution in [0.15, 0.2) is 53.7 Å². The molecule has 0 aliphatic carbocycles. The van der Waals surface area contributed by atoms with Crippen LogP contribution in [0.3, 0.4) is 0 Å². The minimum Gasteiger partial charge on any atom is -0.378 e. The normalized spacial score (nSPS) is 13.9. The van der Waals surface area contributed by atoms with Gasteiger partial charge in [0.15, 0.2) is 5.96 Å². The molecule has 0 spiro atoms. The highest BCUT2D eigenvalue weighted by molar-refractivity contribution is 14.0. The van der Waals surface area contributed by atoms with Crippen molar-refractivity contribution in [3.05, 3.63) is 54.2 Å². The van der Waals surface area contributed by atoms with Crippen molar-refractivity contribution in [1.29, 1.82) is 0 Å². The van der Waals surface area contributed by atoms with Gasteiger partial charge in [-0.3, -0.25) is 0 Å². The van der Waals surface area contributed by atoms with E-state index in [9.17, 15) is 0 Å². The summed E-state index contributed by atoms with van der Waals surface area (Å²) in [7, 11) is 0. The summed E-state index contributed by atoms with van der Waals surface area (Å²) in [6, 6.07) is 14.7. The second-order valence-corrected chi connectivity index (χ2v) is 7.48. The summed E-state index contributed by atoms with van der Waals surface area (Å²) in [6.07, 6.45) is 2.90. The largest absolute Gasteiger partial charge is 0.378 e. The van der Waals surface area contributed by atoms with Crippen LogP contribution in [-0.4, -0.2) is 63.4 Å². The van der Waals surface area contributed by atoms with Crippen LogP contribution in [0.4, 0.5) is 11.5 Å². The lowest BCUT2D eigenvalue weighted by molar-refractivity contribution is 0.122. The summed E-state index contributed by atoms with van der Waals surface area (Å²) >= 11 is 0.